The normalized spacial score (nSPS) is 18.6. The minimum absolute atomic E-state index is 0.0560. The molecule has 0 radical (unpaired) electrons. The second kappa shape index (κ2) is 8.89. The highest BCUT2D eigenvalue weighted by molar-refractivity contribution is 7.88. The van der Waals surface area contributed by atoms with Gasteiger partial charge in [0.25, 0.3) is 0 Å². The Labute approximate surface area is 179 Å². The van der Waals surface area contributed by atoms with Crippen molar-refractivity contribution in [3.8, 4) is 0 Å². The lowest BCUT2D eigenvalue weighted by Gasteiger charge is -2.35. The largest absolute Gasteiger partial charge is 0.356 e. The molecule has 3 heterocycles. The van der Waals surface area contributed by atoms with E-state index in [0.717, 1.165) is 41.7 Å². The van der Waals surface area contributed by atoms with Crippen LogP contribution in [0.3, 0.4) is 0 Å². The molecule has 1 aromatic heterocycles. The molecular weight excluding hydrogens is 398 g/mol. The maximum absolute atomic E-state index is 12.9. The van der Waals surface area contributed by atoms with Crippen molar-refractivity contribution >= 4 is 21.7 Å². The molecule has 0 N–H and O–H groups in total. The number of aromatic nitrogens is 2. The number of aryl methyl sites for hydroxylation is 2. The second-order valence-electron chi connectivity index (χ2n) is 8.31. The third-order valence-electron chi connectivity index (χ3n) is 5.88. The van der Waals surface area contributed by atoms with Gasteiger partial charge in [-0.15, -0.1) is 0 Å². The first-order chi connectivity index (χ1) is 14.4. The molecule has 0 bridgehead atoms. The fourth-order valence-electron chi connectivity index (χ4n) is 4.28. The van der Waals surface area contributed by atoms with Crippen LogP contribution in [-0.2, 0) is 15.8 Å². The zero-order chi connectivity index (χ0) is 21.1. The Bertz CT molecular complexity index is 981. The Kier molecular flexibility index (Phi) is 6.24. The lowest BCUT2D eigenvalue weighted by atomic mass is 10.1. The first-order valence-electron chi connectivity index (χ1n) is 10.8. The monoisotopic (exact) mass is 429 g/mol. The number of nitrogens with zero attached hydrogens (tertiary/aromatic N) is 5. The van der Waals surface area contributed by atoms with Crippen LogP contribution in [0.1, 0.15) is 36.2 Å². The first kappa shape index (κ1) is 21.1. The van der Waals surface area contributed by atoms with Crippen molar-refractivity contribution < 1.29 is 8.42 Å². The van der Waals surface area contributed by atoms with Crippen molar-refractivity contribution in [1.82, 2.24) is 14.3 Å². The van der Waals surface area contributed by atoms with Crippen molar-refractivity contribution in [1.29, 1.82) is 0 Å². The molecule has 0 saturated carbocycles. The van der Waals surface area contributed by atoms with Crippen molar-refractivity contribution in [3.05, 3.63) is 47.3 Å². The predicted octanol–water partition coefficient (Wildman–Crippen LogP) is 2.74. The standard InChI is InChI=1S/C22H31N5O2S/c1-18-7-6-8-20(15-18)17-30(28,29)27-13-11-26(12-14-27)22-16-21(23-19(2)24-22)25-9-4-3-5-10-25/h6-8,15-16H,3-5,9-14,17H2,1-2H3. The van der Waals surface area contributed by atoms with Crippen LogP contribution in [-0.4, -0.2) is 62.0 Å². The molecule has 30 heavy (non-hydrogen) atoms. The van der Waals surface area contributed by atoms with Gasteiger partial charge in [0.15, 0.2) is 0 Å². The highest BCUT2D eigenvalue weighted by Gasteiger charge is 2.28. The van der Waals surface area contributed by atoms with E-state index in [0.29, 0.717) is 26.2 Å². The smallest absolute Gasteiger partial charge is 0.218 e. The number of anilines is 2. The van der Waals surface area contributed by atoms with E-state index in [9.17, 15) is 8.42 Å². The van der Waals surface area contributed by atoms with Crippen LogP contribution in [0.4, 0.5) is 11.6 Å². The molecule has 4 rings (SSSR count). The summed E-state index contributed by atoms with van der Waals surface area (Å²) in [5.74, 6) is 2.72. The topological polar surface area (TPSA) is 69.6 Å². The van der Waals surface area contributed by atoms with Crippen LogP contribution < -0.4 is 9.80 Å². The zero-order valence-corrected chi connectivity index (χ0v) is 18.7. The fourth-order valence-corrected chi connectivity index (χ4v) is 5.79. The van der Waals surface area contributed by atoms with Crippen molar-refractivity contribution in [2.45, 2.75) is 38.9 Å². The molecule has 2 aliphatic rings. The summed E-state index contributed by atoms with van der Waals surface area (Å²) in [5.41, 5.74) is 1.92. The molecule has 0 aliphatic carbocycles. The Morgan fingerprint density at radius 1 is 0.833 bits per heavy atom. The number of piperidine rings is 1. The molecule has 0 unspecified atom stereocenters. The molecule has 0 atom stereocenters. The van der Waals surface area contributed by atoms with Crippen LogP contribution in [0, 0.1) is 13.8 Å². The number of hydrogen-bond acceptors (Lipinski definition) is 6. The van der Waals surface area contributed by atoms with Gasteiger partial charge < -0.3 is 9.80 Å². The number of sulfonamides is 1. The lowest BCUT2D eigenvalue weighted by molar-refractivity contribution is 0.383. The van der Waals surface area contributed by atoms with Crippen LogP contribution >= 0.6 is 0 Å². The molecule has 2 saturated heterocycles. The highest BCUT2D eigenvalue weighted by Crippen LogP contribution is 2.24. The molecule has 0 amide bonds. The van der Waals surface area contributed by atoms with E-state index in [2.05, 4.69) is 25.8 Å². The Morgan fingerprint density at radius 2 is 1.47 bits per heavy atom. The van der Waals surface area contributed by atoms with Gasteiger partial charge in [-0.1, -0.05) is 29.8 Å². The number of benzene rings is 1. The van der Waals surface area contributed by atoms with Gasteiger partial charge in [-0.25, -0.2) is 18.4 Å². The van der Waals surface area contributed by atoms with Crippen LogP contribution in [0.25, 0.3) is 0 Å². The summed E-state index contributed by atoms with van der Waals surface area (Å²) in [6.45, 7) is 8.25. The number of rotatable bonds is 5. The zero-order valence-electron chi connectivity index (χ0n) is 17.9. The number of hydrogen-bond donors (Lipinski definition) is 0. The van der Waals surface area contributed by atoms with Gasteiger partial charge in [0, 0.05) is 45.3 Å². The van der Waals surface area contributed by atoms with Crippen LogP contribution in [0.15, 0.2) is 30.3 Å². The molecule has 162 valence electrons. The van der Waals surface area contributed by atoms with Crippen LogP contribution in [0.2, 0.25) is 0 Å². The molecule has 2 aliphatic heterocycles. The van der Waals surface area contributed by atoms with E-state index in [-0.39, 0.29) is 5.75 Å². The van der Waals surface area contributed by atoms with E-state index in [4.69, 9.17) is 0 Å². The van der Waals surface area contributed by atoms with E-state index < -0.39 is 10.0 Å². The fraction of sp³-hybridized carbons (Fsp3) is 0.545. The quantitative estimate of drug-likeness (QED) is 0.728. The molecule has 0 spiro atoms. The van der Waals surface area contributed by atoms with E-state index in [1.807, 2.05) is 38.1 Å². The minimum atomic E-state index is -3.33. The molecule has 1 aromatic carbocycles. The minimum Gasteiger partial charge on any atom is -0.356 e. The molecular formula is C22H31N5O2S. The van der Waals surface area contributed by atoms with Gasteiger partial charge in [-0.2, -0.15) is 4.31 Å². The summed E-state index contributed by atoms with van der Waals surface area (Å²) in [5, 5.41) is 0. The van der Waals surface area contributed by atoms with Gasteiger partial charge in [0.2, 0.25) is 10.0 Å². The summed E-state index contributed by atoms with van der Waals surface area (Å²) in [6, 6.07) is 9.79. The second-order valence-corrected chi connectivity index (χ2v) is 10.3. The van der Waals surface area contributed by atoms with Crippen molar-refractivity contribution in [2.75, 3.05) is 49.1 Å². The summed E-state index contributed by atoms with van der Waals surface area (Å²) in [6.07, 6.45) is 3.69. The SMILES string of the molecule is Cc1cccc(CS(=O)(=O)N2CCN(c3cc(N4CCCCC4)nc(C)n3)CC2)c1. The Balaban J connectivity index is 1.42. The van der Waals surface area contributed by atoms with E-state index in [1.165, 1.54) is 19.3 Å². The van der Waals surface area contributed by atoms with E-state index >= 15 is 0 Å². The summed E-state index contributed by atoms with van der Waals surface area (Å²) < 4.78 is 27.4. The molecule has 7 nitrogen and oxygen atoms in total. The molecule has 8 heteroatoms. The summed E-state index contributed by atoms with van der Waals surface area (Å²) in [4.78, 5) is 13.8. The highest BCUT2D eigenvalue weighted by atomic mass is 32.2. The van der Waals surface area contributed by atoms with Crippen molar-refractivity contribution in [3.63, 3.8) is 0 Å². The maximum atomic E-state index is 12.9. The van der Waals surface area contributed by atoms with Crippen molar-refractivity contribution in [2.24, 2.45) is 0 Å². The molecule has 2 fully saturated rings. The van der Waals surface area contributed by atoms with E-state index in [1.54, 1.807) is 4.31 Å². The third-order valence-corrected chi connectivity index (χ3v) is 7.73. The predicted molar refractivity (Wildman–Crippen MR) is 120 cm³/mol. The van der Waals surface area contributed by atoms with Gasteiger partial charge in [-0.3, -0.25) is 0 Å². The Morgan fingerprint density at radius 3 is 2.10 bits per heavy atom. The first-order valence-corrected chi connectivity index (χ1v) is 12.4. The molecule has 2 aromatic rings. The van der Waals surface area contributed by atoms with Gasteiger partial charge >= 0.3 is 0 Å². The van der Waals surface area contributed by atoms with Gasteiger partial charge in [0.1, 0.15) is 17.5 Å². The Hall–Kier alpha value is -2.19. The van der Waals surface area contributed by atoms with Gasteiger partial charge in [0.05, 0.1) is 5.75 Å². The average Bonchev–Trinajstić information content (AvgIpc) is 2.74. The summed E-state index contributed by atoms with van der Waals surface area (Å²) >= 11 is 0. The summed E-state index contributed by atoms with van der Waals surface area (Å²) in [7, 11) is -3.33. The third kappa shape index (κ3) is 4.92. The average molecular weight is 430 g/mol. The van der Waals surface area contributed by atoms with Gasteiger partial charge in [-0.05, 0) is 38.7 Å². The lowest BCUT2D eigenvalue weighted by Crippen LogP contribution is -2.49. The maximum Gasteiger partial charge on any atom is 0.218 e. The van der Waals surface area contributed by atoms with Crippen LogP contribution in [0.5, 0.6) is 0 Å². The number of piperazine rings is 1.